The first-order valence-corrected chi connectivity index (χ1v) is 12.9. The van der Waals surface area contributed by atoms with Crippen LogP contribution in [-0.4, -0.2) is 46.6 Å². The van der Waals surface area contributed by atoms with Crippen molar-refractivity contribution in [2.24, 2.45) is 11.0 Å². The van der Waals surface area contributed by atoms with Gasteiger partial charge in [-0.3, -0.25) is 4.79 Å². The van der Waals surface area contributed by atoms with Crippen molar-refractivity contribution in [3.8, 4) is 11.5 Å². The average Bonchev–Trinajstić information content (AvgIpc) is 3.33. The second-order valence-electron chi connectivity index (χ2n) is 8.70. The smallest absolute Gasteiger partial charge is 0.253 e. The molecule has 1 aliphatic carbocycles. The zero-order valence-corrected chi connectivity index (χ0v) is 21.1. The second-order valence-corrected chi connectivity index (χ2v) is 9.65. The lowest BCUT2D eigenvalue weighted by Gasteiger charge is -2.29. The molecule has 3 aromatic rings. The number of methoxy groups -OCH3 is 2. The Morgan fingerprint density at radius 2 is 1.69 bits per heavy atom. The van der Waals surface area contributed by atoms with Crippen molar-refractivity contribution in [2.75, 3.05) is 20.0 Å². The van der Waals surface area contributed by atoms with Crippen molar-refractivity contribution in [1.29, 1.82) is 0 Å². The third-order valence-electron chi connectivity index (χ3n) is 6.54. The molecule has 2 unspecified atom stereocenters. The minimum Gasteiger partial charge on any atom is -0.497 e. The largest absolute Gasteiger partial charge is 0.497 e. The number of hydrazone groups is 1. The number of amides is 1. The van der Waals surface area contributed by atoms with E-state index >= 15 is 0 Å². The van der Waals surface area contributed by atoms with Crippen molar-refractivity contribution >= 4 is 29.5 Å². The summed E-state index contributed by atoms with van der Waals surface area (Å²) in [6, 6.07) is 17.6. The first kappa shape index (κ1) is 24.1. The Kier molecular flexibility index (Phi) is 7.32. The molecule has 0 spiro atoms. The highest BCUT2D eigenvalue weighted by Crippen LogP contribution is 2.45. The molecule has 184 valence electrons. The molecule has 2 atom stereocenters. The number of ether oxygens (including phenoxy) is 2. The summed E-state index contributed by atoms with van der Waals surface area (Å²) in [6.07, 6.45) is 8.52. The highest BCUT2D eigenvalue weighted by atomic mass is 32.2. The Hall–Kier alpha value is -3.65. The normalized spacial score (nSPS) is 20.1. The molecule has 0 bridgehead atoms. The van der Waals surface area contributed by atoms with E-state index in [-0.39, 0.29) is 23.6 Å². The summed E-state index contributed by atoms with van der Waals surface area (Å²) in [7, 11) is 3.32. The number of rotatable bonds is 7. The highest BCUT2D eigenvalue weighted by Gasteiger charge is 2.43. The first-order valence-electron chi connectivity index (χ1n) is 12.0. The fourth-order valence-electron chi connectivity index (χ4n) is 4.80. The minimum absolute atomic E-state index is 0.0565. The quantitative estimate of drug-likeness (QED) is 0.319. The summed E-state index contributed by atoms with van der Waals surface area (Å²) in [5.74, 6) is 1.92. The molecule has 2 aromatic carbocycles. The SMILES string of the molecule is COc1ccc(/C=C2/CCCC3C2=NN(C(=O)CSc2ncccn2)C3c2ccc(OC)cc2)cc1. The molecule has 0 saturated heterocycles. The van der Waals surface area contributed by atoms with E-state index in [9.17, 15) is 4.79 Å². The van der Waals surface area contributed by atoms with Gasteiger partial charge in [0.1, 0.15) is 11.5 Å². The number of nitrogens with zero attached hydrogens (tertiary/aromatic N) is 4. The van der Waals surface area contributed by atoms with Crippen LogP contribution in [0.3, 0.4) is 0 Å². The van der Waals surface area contributed by atoms with Crippen LogP contribution in [0.1, 0.15) is 36.4 Å². The van der Waals surface area contributed by atoms with Crippen LogP contribution in [0.4, 0.5) is 0 Å². The van der Waals surface area contributed by atoms with Gasteiger partial charge >= 0.3 is 0 Å². The third kappa shape index (κ3) is 5.14. The van der Waals surface area contributed by atoms with Gasteiger partial charge in [-0.1, -0.05) is 36.0 Å². The molecule has 1 amide bonds. The summed E-state index contributed by atoms with van der Waals surface area (Å²) in [6.45, 7) is 0. The van der Waals surface area contributed by atoms with Crippen LogP contribution in [0.25, 0.3) is 6.08 Å². The third-order valence-corrected chi connectivity index (χ3v) is 7.40. The lowest BCUT2D eigenvalue weighted by molar-refractivity contribution is -0.130. The molecule has 1 aliphatic heterocycles. The van der Waals surface area contributed by atoms with Crippen LogP contribution >= 0.6 is 11.8 Å². The molecule has 1 saturated carbocycles. The Morgan fingerprint density at radius 1 is 1.03 bits per heavy atom. The van der Waals surface area contributed by atoms with Gasteiger partial charge in [-0.15, -0.1) is 0 Å². The number of thioether (sulfide) groups is 1. The predicted octanol–water partition coefficient (Wildman–Crippen LogP) is 5.41. The molecule has 8 heteroatoms. The van der Waals surface area contributed by atoms with Gasteiger partial charge in [0.15, 0.2) is 5.16 Å². The fourth-order valence-corrected chi connectivity index (χ4v) is 5.45. The first-order chi connectivity index (χ1) is 17.7. The lowest BCUT2D eigenvalue weighted by Crippen LogP contribution is -2.32. The Balaban J connectivity index is 1.46. The average molecular weight is 501 g/mol. The van der Waals surface area contributed by atoms with E-state index in [4.69, 9.17) is 14.6 Å². The molecular weight excluding hydrogens is 472 g/mol. The van der Waals surface area contributed by atoms with Gasteiger partial charge < -0.3 is 9.47 Å². The lowest BCUT2D eigenvalue weighted by atomic mass is 9.77. The predicted molar refractivity (Wildman–Crippen MR) is 141 cm³/mol. The van der Waals surface area contributed by atoms with Crippen molar-refractivity contribution < 1.29 is 14.3 Å². The van der Waals surface area contributed by atoms with Crippen molar-refractivity contribution in [2.45, 2.75) is 30.5 Å². The van der Waals surface area contributed by atoms with Crippen LogP contribution in [0.5, 0.6) is 11.5 Å². The summed E-state index contributed by atoms with van der Waals surface area (Å²) in [4.78, 5) is 21.9. The number of hydrogen-bond donors (Lipinski definition) is 0. The number of fused-ring (bicyclic) bond motifs is 1. The van der Waals surface area contributed by atoms with Gasteiger partial charge in [0.2, 0.25) is 0 Å². The number of aromatic nitrogens is 2. The molecule has 0 radical (unpaired) electrons. The van der Waals surface area contributed by atoms with Gasteiger partial charge in [0.05, 0.1) is 31.7 Å². The van der Waals surface area contributed by atoms with E-state index in [2.05, 4.69) is 16.0 Å². The molecule has 36 heavy (non-hydrogen) atoms. The maximum atomic E-state index is 13.5. The van der Waals surface area contributed by atoms with Crippen LogP contribution in [0.15, 0.2) is 82.8 Å². The summed E-state index contributed by atoms with van der Waals surface area (Å²) in [5, 5.41) is 7.22. The Morgan fingerprint density at radius 3 is 2.36 bits per heavy atom. The number of allylic oxidation sites excluding steroid dienone is 1. The van der Waals surface area contributed by atoms with Gasteiger partial charge in [-0.25, -0.2) is 15.0 Å². The second kappa shape index (κ2) is 11.0. The zero-order valence-electron chi connectivity index (χ0n) is 20.3. The van der Waals surface area contributed by atoms with Crippen molar-refractivity contribution in [3.05, 3.63) is 83.7 Å². The highest BCUT2D eigenvalue weighted by molar-refractivity contribution is 7.99. The molecule has 2 aliphatic rings. The minimum atomic E-state index is -0.157. The van der Waals surface area contributed by atoms with E-state index in [1.54, 1.807) is 37.7 Å². The van der Waals surface area contributed by atoms with E-state index in [1.807, 2.05) is 48.5 Å². The fraction of sp³-hybridized carbons (Fsp3) is 0.286. The topological polar surface area (TPSA) is 76.9 Å². The van der Waals surface area contributed by atoms with Crippen LogP contribution in [0.2, 0.25) is 0 Å². The van der Waals surface area contributed by atoms with Crippen molar-refractivity contribution in [1.82, 2.24) is 15.0 Å². The van der Waals surface area contributed by atoms with Crippen molar-refractivity contribution in [3.63, 3.8) is 0 Å². The van der Waals surface area contributed by atoms with Gasteiger partial charge in [0.25, 0.3) is 5.91 Å². The maximum Gasteiger partial charge on any atom is 0.253 e. The van der Waals surface area contributed by atoms with Gasteiger partial charge in [-0.05, 0) is 72.4 Å². The van der Waals surface area contributed by atoms with Crippen LogP contribution in [-0.2, 0) is 4.79 Å². The summed E-state index contributed by atoms with van der Waals surface area (Å²) in [5.41, 5.74) is 4.34. The molecule has 2 heterocycles. The van der Waals surface area contributed by atoms with E-state index in [0.29, 0.717) is 5.16 Å². The summed E-state index contributed by atoms with van der Waals surface area (Å²) < 4.78 is 10.7. The Labute approximate surface area is 215 Å². The standard InChI is InChI=1S/C28H28N4O3S/c1-34-22-11-7-19(8-12-22)17-21-5-3-6-24-26(21)31-32(25(33)18-36-28-29-15-4-16-30-28)27(24)20-9-13-23(35-2)14-10-20/h4,7-17,24,27H,3,5-6,18H2,1-2H3/b21-17-. The number of carbonyl (C=O) groups excluding carboxylic acids is 1. The Bertz CT molecular complexity index is 1260. The molecule has 5 rings (SSSR count). The molecule has 1 aromatic heterocycles. The van der Waals surface area contributed by atoms with Crippen LogP contribution in [0, 0.1) is 5.92 Å². The monoisotopic (exact) mass is 500 g/mol. The molecule has 0 N–H and O–H groups in total. The van der Waals surface area contributed by atoms with E-state index in [0.717, 1.165) is 47.6 Å². The molecular formula is C28H28N4O3S. The number of carbonyl (C=O) groups is 1. The number of benzene rings is 2. The van der Waals surface area contributed by atoms with E-state index < -0.39 is 0 Å². The van der Waals surface area contributed by atoms with E-state index in [1.165, 1.54) is 17.3 Å². The molecule has 7 nitrogen and oxygen atoms in total. The van der Waals surface area contributed by atoms with Crippen LogP contribution < -0.4 is 9.47 Å². The molecule has 1 fully saturated rings. The van der Waals surface area contributed by atoms with Gasteiger partial charge in [0, 0.05) is 18.3 Å². The number of hydrogen-bond acceptors (Lipinski definition) is 7. The van der Waals surface area contributed by atoms with Gasteiger partial charge in [-0.2, -0.15) is 5.10 Å². The summed E-state index contributed by atoms with van der Waals surface area (Å²) >= 11 is 1.33. The zero-order chi connectivity index (χ0) is 24.9. The maximum absolute atomic E-state index is 13.5.